The fourth-order valence-electron chi connectivity index (χ4n) is 2.16. The van der Waals surface area contributed by atoms with E-state index in [0.29, 0.717) is 17.2 Å². The van der Waals surface area contributed by atoms with Crippen LogP contribution in [-0.2, 0) is 6.42 Å². The summed E-state index contributed by atoms with van der Waals surface area (Å²) in [5.41, 5.74) is 0.411. The first kappa shape index (κ1) is 12.7. The molecule has 102 valence electrons. The zero-order valence-corrected chi connectivity index (χ0v) is 10.9. The molecule has 1 atom stereocenters. The van der Waals surface area contributed by atoms with Gasteiger partial charge in [-0.25, -0.2) is 4.79 Å². The van der Waals surface area contributed by atoms with E-state index < -0.39 is 12.2 Å². The van der Waals surface area contributed by atoms with Crippen molar-refractivity contribution in [1.29, 1.82) is 0 Å². The number of hydrogen-bond donors (Lipinski definition) is 1. The number of rotatable bonds is 2. The minimum absolute atomic E-state index is 0.0315. The quantitative estimate of drug-likeness (QED) is 0.911. The van der Waals surface area contributed by atoms with Crippen molar-refractivity contribution in [2.45, 2.75) is 12.6 Å². The highest BCUT2D eigenvalue weighted by atomic mass is 35.5. The first-order valence-corrected chi connectivity index (χ1v) is 6.18. The molecular weight excluding hydrogens is 284 g/mol. The van der Waals surface area contributed by atoms with E-state index in [1.807, 2.05) is 0 Å². The second-order valence-corrected chi connectivity index (χ2v) is 4.81. The highest BCUT2D eigenvalue weighted by molar-refractivity contribution is 6.31. The number of carboxylic acids is 1. The third kappa shape index (κ3) is 2.14. The Kier molecular flexibility index (Phi) is 2.94. The lowest BCUT2D eigenvalue weighted by Crippen LogP contribution is -2.17. The molecular formula is C13H9ClN2O4. The number of carbonyl (C=O) groups is 1. The van der Waals surface area contributed by atoms with Crippen LogP contribution in [0.2, 0.25) is 5.02 Å². The van der Waals surface area contributed by atoms with Crippen LogP contribution < -0.4 is 10.3 Å². The Hall–Kier alpha value is -2.34. The Balaban J connectivity index is 1.99. The summed E-state index contributed by atoms with van der Waals surface area (Å²) < 4.78 is 7.27. The third-order valence-corrected chi connectivity index (χ3v) is 3.27. The minimum atomic E-state index is -1.09. The molecule has 0 saturated heterocycles. The van der Waals surface area contributed by atoms with Crippen molar-refractivity contribution in [1.82, 2.24) is 9.55 Å². The highest BCUT2D eigenvalue weighted by Crippen LogP contribution is 2.38. The zero-order chi connectivity index (χ0) is 14.3. The summed E-state index contributed by atoms with van der Waals surface area (Å²) in [6.07, 6.45) is 2.94. The fraction of sp³-hybridized carbons (Fsp3) is 0.154. The third-order valence-electron chi connectivity index (χ3n) is 3.05. The van der Waals surface area contributed by atoms with Crippen molar-refractivity contribution in [3.63, 3.8) is 0 Å². The number of ether oxygens (including phenoxy) is 1. The number of hydrogen-bond acceptors (Lipinski definition) is 4. The van der Waals surface area contributed by atoms with Gasteiger partial charge in [-0.2, -0.15) is 4.98 Å². The van der Waals surface area contributed by atoms with Crippen molar-refractivity contribution in [3.05, 3.63) is 57.2 Å². The van der Waals surface area contributed by atoms with Gasteiger partial charge in [-0.15, -0.1) is 0 Å². The predicted molar refractivity (Wildman–Crippen MR) is 70.3 cm³/mol. The summed E-state index contributed by atoms with van der Waals surface area (Å²) >= 11 is 5.91. The van der Waals surface area contributed by atoms with Gasteiger partial charge in [0.05, 0.1) is 0 Å². The maximum Gasteiger partial charge on any atom is 0.339 e. The van der Waals surface area contributed by atoms with Crippen molar-refractivity contribution >= 4 is 17.6 Å². The number of aromatic nitrogens is 2. The lowest BCUT2D eigenvalue weighted by Gasteiger charge is -2.14. The van der Waals surface area contributed by atoms with Gasteiger partial charge in [-0.05, 0) is 12.1 Å². The first-order valence-electron chi connectivity index (χ1n) is 5.81. The van der Waals surface area contributed by atoms with Crippen LogP contribution in [0.15, 0.2) is 35.5 Å². The van der Waals surface area contributed by atoms with Crippen molar-refractivity contribution in [2.24, 2.45) is 0 Å². The second kappa shape index (κ2) is 4.64. The molecule has 0 amide bonds. The van der Waals surface area contributed by atoms with E-state index in [4.69, 9.17) is 21.4 Å². The number of aromatic carboxylic acids is 1. The number of fused-ring (bicyclic) bond motifs is 1. The molecule has 0 radical (unpaired) electrons. The van der Waals surface area contributed by atoms with Crippen LogP contribution in [0, 0.1) is 0 Å². The van der Waals surface area contributed by atoms with E-state index in [1.165, 1.54) is 18.5 Å². The molecule has 1 aromatic heterocycles. The molecule has 0 fully saturated rings. The van der Waals surface area contributed by atoms with E-state index in [0.717, 1.165) is 5.56 Å². The zero-order valence-electron chi connectivity index (χ0n) is 10.1. The summed E-state index contributed by atoms with van der Waals surface area (Å²) in [4.78, 5) is 25.8. The average Bonchev–Trinajstić information content (AvgIpc) is 2.81. The van der Waals surface area contributed by atoms with Crippen LogP contribution in [0.4, 0.5) is 0 Å². The molecule has 1 aliphatic rings. The van der Waals surface area contributed by atoms with Gasteiger partial charge in [0.25, 0.3) is 5.56 Å². The molecule has 1 N–H and O–H groups in total. The Morgan fingerprint density at radius 2 is 2.30 bits per heavy atom. The molecule has 1 aromatic carbocycles. The van der Waals surface area contributed by atoms with Gasteiger partial charge in [0.15, 0.2) is 6.23 Å². The predicted octanol–water partition coefficient (Wildman–Crippen LogP) is 1.73. The molecule has 7 heteroatoms. The van der Waals surface area contributed by atoms with E-state index in [2.05, 4.69) is 4.98 Å². The SMILES string of the molecule is O=C(O)c1cc(Cl)cc2c1OC(n1ccc(=O)nc1)C2. The second-order valence-electron chi connectivity index (χ2n) is 4.37. The maximum absolute atomic E-state index is 11.2. The summed E-state index contributed by atoms with van der Waals surface area (Å²) in [6, 6.07) is 4.35. The molecule has 3 rings (SSSR count). The number of carboxylic acid groups (broad SMARTS) is 1. The van der Waals surface area contributed by atoms with Crippen LogP contribution in [0.1, 0.15) is 22.1 Å². The maximum atomic E-state index is 11.2. The van der Waals surface area contributed by atoms with Crippen molar-refractivity contribution in [2.75, 3.05) is 0 Å². The van der Waals surface area contributed by atoms with Gasteiger partial charge >= 0.3 is 5.97 Å². The van der Waals surface area contributed by atoms with Crippen LogP contribution in [-0.4, -0.2) is 20.6 Å². The topological polar surface area (TPSA) is 81.4 Å². The molecule has 0 bridgehead atoms. The summed E-state index contributed by atoms with van der Waals surface area (Å²) in [5.74, 6) is -0.784. The fourth-order valence-corrected chi connectivity index (χ4v) is 2.40. The lowest BCUT2D eigenvalue weighted by atomic mass is 10.1. The Labute approximate surface area is 118 Å². The van der Waals surface area contributed by atoms with Crippen LogP contribution in [0.5, 0.6) is 5.75 Å². The Morgan fingerprint density at radius 1 is 1.50 bits per heavy atom. The van der Waals surface area contributed by atoms with E-state index in [9.17, 15) is 9.59 Å². The van der Waals surface area contributed by atoms with E-state index in [-0.39, 0.29) is 11.1 Å². The average molecular weight is 293 g/mol. The number of halogens is 1. The summed E-state index contributed by atoms with van der Waals surface area (Å²) in [7, 11) is 0. The van der Waals surface area contributed by atoms with Crippen molar-refractivity contribution in [3.8, 4) is 5.75 Å². The smallest absolute Gasteiger partial charge is 0.339 e. The minimum Gasteiger partial charge on any atom is -0.478 e. The normalized spacial score (nSPS) is 16.6. The van der Waals surface area contributed by atoms with Crippen molar-refractivity contribution < 1.29 is 14.6 Å². The Morgan fingerprint density at radius 3 is 2.95 bits per heavy atom. The largest absolute Gasteiger partial charge is 0.478 e. The number of benzene rings is 1. The first-order chi connectivity index (χ1) is 9.54. The lowest BCUT2D eigenvalue weighted by molar-refractivity contribution is 0.0687. The van der Waals surface area contributed by atoms with Gasteiger partial charge in [0.1, 0.15) is 17.6 Å². The molecule has 1 aliphatic heterocycles. The van der Waals surface area contributed by atoms with Crippen LogP contribution >= 0.6 is 11.6 Å². The highest BCUT2D eigenvalue weighted by Gasteiger charge is 2.29. The van der Waals surface area contributed by atoms with Gasteiger partial charge in [-0.3, -0.25) is 4.79 Å². The van der Waals surface area contributed by atoms with E-state index in [1.54, 1.807) is 16.8 Å². The standard InChI is InChI=1S/C13H9ClN2O4/c14-8-3-7-4-11(16-2-1-10(17)15-6-16)20-12(7)9(5-8)13(18)19/h1-3,5-6,11H,4H2,(H,18,19). The molecule has 1 unspecified atom stereocenters. The monoisotopic (exact) mass is 292 g/mol. The van der Waals surface area contributed by atoms with Gasteiger partial charge in [0.2, 0.25) is 0 Å². The molecule has 0 aliphatic carbocycles. The number of nitrogens with zero attached hydrogens (tertiary/aromatic N) is 2. The molecule has 6 nitrogen and oxygen atoms in total. The Bertz CT molecular complexity index is 736. The molecule has 0 spiro atoms. The summed E-state index contributed by atoms with van der Waals surface area (Å²) in [6.45, 7) is 0. The molecule has 0 saturated carbocycles. The van der Waals surface area contributed by atoms with Crippen LogP contribution in [0.25, 0.3) is 0 Å². The molecule has 2 aromatic rings. The van der Waals surface area contributed by atoms with Gasteiger partial charge < -0.3 is 14.4 Å². The van der Waals surface area contributed by atoms with Gasteiger partial charge in [-0.1, -0.05) is 11.6 Å². The van der Waals surface area contributed by atoms with Gasteiger partial charge in [0, 0.05) is 29.3 Å². The molecule has 20 heavy (non-hydrogen) atoms. The molecule has 2 heterocycles. The van der Waals surface area contributed by atoms with E-state index >= 15 is 0 Å². The van der Waals surface area contributed by atoms with Crippen LogP contribution in [0.3, 0.4) is 0 Å². The summed E-state index contributed by atoms with van der Waals surface area (Å²) in [5, 5.41) is 9.52.